The van der Waals surface area contributed by atoms with Crippen molar-refractivity contribution >= 4 is 38.9 Å². The third kappa shape index (κ3) is 4.85. The van der Waals surface area contributed by atoms with Gasteiger partial charge in [0.25, 0.3) is 11.5 Å². The van der Waals surface area contributed by atoms with Crippen molar-refractivity contribution in [1.82, 2.24) is 15.3 Å². The van der Waals surface area contributed by atoms with Crippen LogP contribution in [0.1, 0.15) is 28.9 Å². The number of pyridine rings is 2. The summed E-state index contributed by atoms with van der Waals surface area (Å²) in [6.45, 7) is 0.971. The number of nitrogens with zero attached hydrogens (tertiary/aromatic N) is 1. The fraction of sp³-hybridized carbons (Fsp3) is 0.250. The van der Waals surface area contributed by atoms with E-state index in [2.05, 4.69) is 15.3 Å². The molecule has 1 fully saturated rings. The highest BCUT2D eigenvalue weighted by atomic mass is 19.4. The van der Waals surface area contributed by atoms with Crippen molar-refractivity contribution < 1.29 is 31.5 Å². The summed E-state index contributed by atoms with van der Waals surface area (Å²) in [5.41, 5.74) is 1.04. The summed E-state index contributed by atoms with van der Waals surface area (Å²) in [5, 5.41) is 3.77. The number of fused-ring (bicyclic) bond motifs is 5. The summed E-state index contributed by atoms with van der Waals surface area (Å²) < 4.78 is 64.5. The first-order valence-electron chi connectivity index (χ1n) is 12.3. The minimum Gasteiger partial charge on any atom is -0.437 e. The van der Waals surface area contributed by atoms with Crippen LogP contribution >= 0.6 is 0 Å². The van der Waals surface area contributed by atoms with E-state index in [9.17, 15) is 27.2 Å². The van der Waals surface area contributed by atoms with Crippen LogP contribution in [0.15, 0.2) is 57.7 Å². The lowest BCUT2D eigenvalue weighted by atomic mass is 9.97. The number of furan rings is 1. The van der Waals surface area contributed by atoms with Crippen molar-refractivity contribution in [2.45, 2.75) is 31.5 Å². The number of aryl methyl sites for hydroxylation is 1. The number of rotatable bonds is 5. The number of carbonyl (C=O) groups is 1. The lowest BCUT2D eigenvalue weighted by Gasteiger charge is -2.13. The van der Waals surface area contributed by atoms with Crippen LogP contribution in [-0.2, 0) is 11.2 Å². The van der Waals surface area contributed by atoms with Gasteiger partial charge in [-0.15, -0.1) is 0 Å². The van der Waals surface area contributed by atoms with Crippen LogP contribution in [0.2, 0.25) is 0 Å². The molecule has 0 saturated carbocycles. The van der Waals surface area contributed by atoms with Gasteiger partial charge in [-0.3, -0.25) is 9.59 Å². The fourth-order valence-electron chi connectivity index (χ4n) is 4.92. The first kappa shape index (κ1) is 25.1. The number of alkyl halides is 3. The highest BCUT2D eigenvalue weighted by Crippen LogP contribution is 2.36. The zero-order chi connectivity index (χ0) is 27.3. The maximum Gasteiger partial charge on any atom is 0.389 e. The molecule has 4 heterocycles. The molecule has 1 aliphatic heterocycles. The van der Waals surface area contributed by atoms with Crippen molar-refractivity contribution in [3.05, 3.63) is 76.0 Å². The first-order valence-corrected chi connectivity index (χ1v) is 12.3. The van der Waals surface area contributed by atoms with Gasteiger partial charge in [-0.05, 0) is 54.8 Å². The van der Waals surface area contributed by atoms with E-state index in [-0.39, 0.29) is 39.8 Å². The van der Waals surface area contributed by atoms with Gasteiger partial charge >= 0.3 is 6.18 Å². The minimum atomic E-state index is -4.43. The molecule has 5 aromatic rings. The Balaban J connectivity index is 1.51. The number of carbonyl (C=O) groups excluding carboxylic acids is 1. The predicted molar refractivity (Wildman–Crippen MR) is 136 cm³/mol. The lowest BCUT2D eigenvalue weighted by Crippen LogP contribution is -2.34. The summed E-state index contributed by atoms with van der Waals surface area (Å²) >= 11 is 0. The summed E-state index contributed by atoms with van der Waals surface area (Å²) in [5.74, 6) is -0.880. The number of nitrogens with one attached hydrogen (secondary N) is 2. The Hall–Kier alpha value is -4.25. The molecule has 0 aliphatic carbocycles. The fourth-order valence-corrected chi connectivity index (χ4v) is 4.92. The third-order valence-electron chi connectivity index (χ3n) is 6.81. The van der Waals surface area contributed by atoms with E-state index >= 15 is 0 Å². The number of ether oxygens (including phenoxy) is 1. The smallest absolute Gasteiger partial charge is 0.389 e. The Bertz CT molecular complexity index is 1800. The Morgan fingerprint density at radius 1 is 1.13 bits per heavy atom. The van der Waals surface area contributed by atoms with Crippen LogP contribution in [0, 0.1) is 5.82 Å². The van der Waals surface area contributed by atoms with E-state index in [0.29, 0.717) is 47.1 Å². The van der Waals surface area contributed by atoms with Crippen molar-refractivity contribution in [3.63, 3.8) is 0 Å². The van der Waals surface area contributed by atoms with Crippen LogP contribution in [0.25, 0.3) is 44.1 Å². The van der Waals surface area contributed by atoms with Crippen LogP contribution in [-0.4, -0.2) is 41.3 Å². The van der Waals surface area contributed by atoms with Crippen LogP contribution < -0.4 is 10.9 Å². The molecular formula is C28H21F4N3O4. The number of hydrogen-bond donors (Lipinski definition) is 2. The molecule has 6 rings (SSSR count). The number of halogens is 4. The first-order chi connectivity index (χ1) is 18.7. The average molecular weight is 539 g/mol. The SMILES string of the molecule is O=C(NC1CCOC1)c1cccc(-c2cc3c(nc2CCC(F)(F)F)oc2c4ccc(F)cc4[nH]c(=O)c32)c1. The second kappa shape index (κ2) is 9.49. The number of amides is 1. The molecule has 2 N–H and O–H groups in total. The van der Waals surface area contributed by atoms with E-state index < -0.39 is 30.4 Å². The molecule has 1 atom stereocenters. The van der Waals surface area contributed by atoms with Gasteiger partial charge in [-0.1, -0.05) is 12.1 Å². The van der Waals surface area contributed by atoms with E-state index in [1.165, 1.54) is 12.1 Å². The Morgan fingerprint density at radius 2 is 1.97 bits per heavy atom. The maximum atomic E-state index is 13.8. The molecule has 0 bridgehead atoms. The molecule has 39 heavy (non-hydrogen) atoms. The van der Waals surface area contributed by atoms with Crippen molar-refractivity contribution in [3.8, 4) is 11.1 Å². The molecule has 0 spiro atoms. The van der Waals surface area contributed by atoms with Crippen molar-refractivity contribution in [2.75, 3.05) is 13.2 Å². The summed E-state index contributed by atoms with van der Waals surface area (Å²) in [7, 11) is 0. The molecule has 1 unspecified atom stereocenters. The normalized spacial score (nSPS) is 15.9. The summed E-state index contributed by atoms with van der Waals surface area (Å²) in [6.07, 6.45) is -5.30. The quantitative estimate of drug-likeness (QED) is 0.282. The summed E-state index contributed by atoms with van der Waals surface area (Å²) in [6, 6.07) is 11.8. The van der Waals surface area contributed by atoms with Crippen molar-refractivity contribution in [2.24, 2.45) is 0 Å². The number of aromatic nitrogens is 2. The predicted octanol–water partition coefficient (Wildman–Crippen LogP) is 5.64. The highest BCUT2D eigenvalue weighted by molar-refractivity contribution is 6.13. The molecule has 200 valence electrons. The second-order valence-electron chi connectivity index (χ2n) is 9.52. The van der Waals surface area contributed by atoms with Gasteiger partial charge in [-0.25, -0.2) is 9.37 Å². The number of benzene rings is 2. The van der Waals surface area contributed by atoms with Gasteiger partial charge in [-0.2, -0.15) is 13.2 Å². The molecular weight excluding hydrogens is 518 g/mol. The van der Waals surface area contributed by atoms with Crippen LogP contribution in [0.5, 0.6) is 0 Å². The zero-order valence-corrected chi connectivity index (χ0v) is 20.3. The second-order valence-corrected chi connectivity index (χ2v) is 9.52. The maximum absolute atomic E-state index is 13.8. The van der Waals surface area contributed by atoms with Gasteiger partial charge in [0.05, 0.1) is 34.6 Å². The number of aromatic amines is 1. The molecule has 3 aromatic heterocycles. The minimum absolute atomic E-state index is 0.0108. The Morgan fingerprint density at radius 3 is 2.74 bits per heavy atom. The third-order valence-corrected chi connectivity index (χ3v) is 6.81. The van der Waals surface area contributed by atoms with Gasteiger partial charge in [0, 0.05) is 29.5 Å². The van der Waals surface area contributed by atoms with Crippen LogP contribution in [0.3, 0.4) is 0 Å². The molecule has 0 radical (unpaired) electrons. The largest absolute Gasteiger partial charge is 0.437 e. The highest BCUT2D eigenvalue weighted by Gasteiger charge is 2.28. The Labute approximate surface area is 217 Å². The molecule has 11 heteroatoms. The van der Waals surface area contributed by atoms with Gasteiger partial charge in [0.15, 0.2) is 5.58 Å². The standard InChI is InChI=1S/C28H21F4N3O4/c29-16-4-5-18-22(11-16)34-26(37)23-20-12-19(21(6-8-28(30,31)32)35-27(20)39-24(18)23)14-2-1-3-15(10-14)25(36)33-17-7-9-38-13-17/h1-5,10-12,17H,6-9,13H2,(H,33,36)(H,34,37). The van der Waals surface area contributed by atoms with E-state index in [1.807, 2.05) is 0 Å². The number of H-pyrrole nitrogens is 1. The van der Waals surface area contributed by atoms with Gasteiger partial charge in [0.1, 0.15) is 5.82 Å². The lowest BCUT2D eigenvalue weighted by molar-refractivity contribution is -0.134. The molecule has 2 aromatic carbocycles. The van der Waals surface area contributed by atoms with E-state index in [4.69, 9.17) is 9.15 Å². The average Bonchev–Trinajstić information content (AvgIpc) is 3.54. The molecule has 1 saturated heterocycles. The summed E-state index contributed by atoms with van der Waals surface area (Å²) in [4.78, 5) is 32.9. The van der Waals surface area contributed by atoms with E-state index in [0.717, 1.165) is 6.07 Å². The van der Waals surface area contributed by atoms with E-state index in [1.54, 1.807) is 30.3 Å². The topological polar surface area (TPSA) is 97.2 Å². The van der Waals surface area contributed by atoms with Crippen molar-refractivity contribution in [1.29, 1.82) is 0 Å². The van der Waals surface area contributed by atoms with Gasteiger partial charge < -0.3 is 19.5 Å². The Kier molecular flexibility index (Phi) is 6.10. The molecule has 7 nitrogen and oxygen atoms in total. The zero-order valence-electron chi connectivity index (χ0n) is 20.3. The van der Waals surface area contributed by atoms with Crippen LogP contribution in [0.4, 0.5) is 17.6 Å². The monoisotopic (exact) mass is 539 g/mol. The van der Waals surface area contributed by atoms with Gasteiger partial charge in [0.2, 0.25) is 5.71 Å². The number of hydrogen-bond acceptors (Lipinski definition) is 5. The molecule has 1 amide bonds. The molecule has 1 aliphatic rings.